The van der Waals surface area contributed by atoms with Crippen LogP contribution in [0.2, 0.25) is 0 Å². The van der Waals surface area contributed by atoms with E-state index < -0.39 is 81.9 Å². The molecule has 0 bridgehead atoms. The highest BCUT2D eigenvalue weighted by Crippen LogP contribution is 2.31. The number of benzene rings is 1. The third-order valence-corrected chi connectivity index (χ3v) is 11.9. The van der Waals surface area contributed by atoms with Crippen LogP contribution in [0.15, 0.2) is 42.0 Å². The molecule has 0 aromatic heterocycles. The Morgan fingerprint density at radius 3 is 2.08 bits per heavy atom. The molecule has 1 aromatic rings. The van der Waals surface area contributed by atoms with Gasteiger partial charge in [-0.3, -0.25) is 43.4 Å². The molecule has 0 radical (unpaired) electrons. The average Bonchev–Trinajstić information content (AvgIpc) is 3.42. The predicted molar refractivity (Wildman–Crippen MR) is 228 cm³/mol. The second-order valence-electron chi connectivity index (χ2n) is 17.4. The number of hydrogen-bond donors (Lipinski definition) is 6. The molecule has 1 aliphatic rings. The van der Waals surface area contributed by atoms with Crippen LogP contribution in [0.4, 0.5) is 0 Å². The molecule has 1 saturated heterocycles. The van der Waals surface area contributed by atoms with Gasteiger partial charge in [0.15, 0.2) is 0 Å². The summed E-state index contributed by atoms with van der Waals surface area (Å²) >= 11 is 0.977. The van der Waals surface area contributed by atoms with Crippen molar-refractivity contribution in [2.75, 3.05) is 40.0 Å². The number of amides is 6. The first-order valence-electron chi connectivity index (χ1n) is 19.9. The minimum absolute atomic E-state index is 0.0547. The summed E-state index contributed by atoms with van der Waals surface area (Å²) in [6.45, 7) is 14.5. The standard InChI is InChI=1S/C42H65N7O10S/c1-24(2)29(48(11)38(55)33(41(4,5)6)46-36(53)34(47(9)10)42(7,8)26-15-13-12-14-16-26)21-25(3)35(52)45-28(40(58)59)17-18-31(50)44-19-20-49-32(51)22-30(37(49)54)60-23-27(43)39(56)57/h12-16,21,24,27-30,33-34H,17-20,22-23,43H2,1-11H3,(H,44,50)(H,45,52)(H,46,53)(H,56,57)(H,58,59)/b25-21+/t27-,28+,29+,30?,33+,34+/m0/s1. The monoisotopic (exact) mass is 859 g/mol. The van der Waals surface area contributed by atoms with Gasteiger partial charge in [0, 0.05) is 49.7 Å². The van der Waals surface area contributed by atoms with Gasteiger partial charge in [0.25, 0.3) is 0 Å². The Bertz CT molecular complexity index is 1760. The molecule has 1 heterocycles. The van der Waals surface area contributed by atoms with Crippen molar-refractivity contribution in [3.05, 3.63) is 47.5 Å². The largest absolute Gasteiger partial charge is 0.480 e. The first-order chi connectivity index (χ1) is 27.7. The highest BCUT2D eigenvalue weighted by molar-refractivity contribution is 8.00. The van der Waals surface area contributed by atoms with Crippen LogP contribution < -0.4 is 21.7 Å². The van der Waals surface area contributed by atoms with Crippen LogP contribution in [0.25, 0.3) is 0 Å². The number of imide groups is 1. The molecule has 334 valence electrons. The van der Waals surface area contributed by atoms with Crippen LogP contribution in [-0.2, 0) is 43.8 Å². The van der Waals surface area contributed by atoms with E-state index in [0.29, 0.717) is 0 Å². The topological polar surface area (TPSA) is 249 Å². The maximum absolute atomic E-state index is 14.3. The van der Waals surface area contributed by atoms with Gasteiger partial charge in [0.2, 0.25) is 35.4 Å². The van der Waals surface area contributed by atoms with Crippen LogP contribution in [-0.4, -0.2) is 148 Å². The predicted octanol–water partition coefficient (Wildman–Crippen LogP) is 1.59. The van der Waals surface area contributed by atoms with Gasteiger partial charge in [-0.15, -0.1) is 11.8 Å². The number of likely N-dealkylation sites (N-methyl/N-ethyl adjacent to an activating group) is 2. The summed E-state index contributed by atoms with van der Waals surface area (Å²) in [6.07, 6.45) is 0.898. The molecule has 1 aromatic carbocycles. The first kappa shape index (κ1) is 51.3. The lowest BCUT2D eigenvalue weighted by atomic mass is 9.76. The quantitative estimate of drug-likeness (QED) is 0.0718. The Hall–Kier alpha value is -4.81. The molecule has 1 unspecified atom stereocenters. The van der Waals surface area contributed by atoms with Crippen LogP contribution in [0.1, 0.15) is 80.2 Å². The number of carbonyl (C=O) groups is 8. The van der Waals surface area contributed by atoms with Crippen LogP contribution in [0, 0.1) is 11.3 Å². The lowest BCUT2D eigenvalue weighted by Crippen LogP contribution is -2.61. The second kappa shape index (κ2) is 22.2. The summed E-state index contributed by atoms with van der Waals surface area (Å²) in [4.78, 5) is 107. The number of carboxylic acids is 2. The van der Waals surface area contributed by atoms with Crippen molar-refractivity contribution >= 4 is 59.1 Å². The number of nitrogens with two attached hydrogens (primary N) is 1. The van der Waals surface area contributed by atoms with Gasteiger partial charge < -0.3 is 36.8 Å². The number of carbonyl (C=O) groups excluding carboxylic acids is 6. The Morgan fingerprint density at radius 1 is 0.967 bits per heavy atom. The van der Waals surface area contributed by atoms with E-state index in [1.807, 2.05) is 97.8 Å². The molecule has 0 aliphatic carbocycles. The summed E-state index contributed by atoms with van der Waals surface area (Å²) in [5.74, 6) is -5.81. The lowest BCUT2D eigenvalue weighted by molar-refractivity contribution is -0.142. The van der Waals surface area contributed by atoms with E-state index in [9.17, 15) is 43.5 Å². The molecule has 17 nitrogen and oxygen atoms in total. The van der Waals surface area contributed by atoms with E-state index in [1.165, 1.54) is 11.8 Å². The summed E-state index contributed by atoms with van der Waals surface area (Å²) in [5.41, 5.74) is 5.25. The first-order valence-corrected chi connectivity index (χ1v) is 21.0. The van der Waals surface area contributed by atoms with Gasteiger partial charge in [0.1, 0.15) is 18.1 Å². The van der Waals surface area contributed by atoms with Crippen molar-refractivity contribution in [1.82, 2.24) is 30.7 Å². The fourth-order valence-corrected chi connectivity index (χ4v) is 8.16. The number of carboxylic acid groups (broad SMARTS) is 2. The molecule has 0 saturated carbocycles. The van der Waals surface area contributed by atoms with Crippen molar-refractivity contribution in [2.45, 2.75) is 116 Å². The molecule has 6 atom stereocenters. The summed E-state index contributed by atoms with van der Waals surface area (Å²) in [7, 11) is 5.24. The van der Waals surface area contributed by atoms with Crippen molar-refractivity contribution in [3.8, 4) is 0 Å². The Morgan fingerprint density at radius 2 is 1.57 bits per heavy atom. The highest BCUT2D eigenvalue weighted by atomic mass is 32.2. The van der Waals surface area contributed by atoms with Gasteiger partial charge in [0.05, 0.1) is 17.3 Å². The normalized spacial score (nSPS) is 17.5. The Labute approximate surface area is 357 Å². The number of thioether (sulfide) groups is 1. The number of rotatable bonds is 22. The van der Waals surface area contributed by atoms with Crippen molar-refractivity contribution < 1.29 is 48.6 Å². The van der Waals surface area contributed by atoms with Gasteiger partial charge in [-0.05, 0) is 44.3 Å². The van der Waals surface area contributed by atoms with E-state index in [0.717, 1.165) is 22.2 Å². The van der Waals surface area contributed by atoms with E-state index in [2.05, 4.69) is 16.0 Å². The molecule has 60 heavy (non-hydrogen) atoms. The van der Waals surface area contributed by atoms with E-state index in [1.54, 1.807) is 13.1 Å². The van der Waals surface area contributed by atoms with Gasteiger partial charge >= 0.3 is 11.9 Å². The Balaban J connectivity index is 2.09. The fourth-order valence-electron chi connectivity index (χ4n) is 7.05. The number of nitrogens with one attached hydrogen (secondary N) is 3. The number of nitrogens with zero attached hydrogens (tertiary/aromatic N) is 3. The van der Waals surface area contributed by atoms with Gasteiger partial charge in [-0.25, -0.2) is 4.79 Å². The molecule has 18 heteroatoms. The minimum Gasteiger partial charge on any atom is -0.480 e. The molecule has 1 aliphatic heterocycles. The average molecular weight is 860 g/mol. The van der Waals surface area contributed by atoms with Crippen molar-refractivity contribution in [3.63, 3.8) is 0 Å². The minimum atomic E-state index is -1.44. The van der Waals surface area contributed by atoms with Crippen molar-refractivity contribution in [2.24, 2.45) is 17.1 Å². The second-order valence-corrected chi connectivity index (χ2v) is 18.6. The van der Waals surface area contributed by atoms with Gasteiger partial charge in [-0.2, -0.15) is 0 Å². The van der Waals surface area contributed by atoms with E-state index >= 15 is 0 Å². The SMILES string of the molecule is C/C(=C\[C@H](C(C)C)N(C)C(=O)[C@@H](NC(=O)[C@@H](N(C)C)C(C)(C)c1ccccc1)C(C)(C)C)C(=O)N[C@H](CCC(=O)NCCN1C(=O)CC(SC[C@H](N)C(=O)O)C1=O)C(=O)O. The zero-order valence-corrected chi connectivity index (χ0v) is 37.6. The maximum Gasteiger partial charge on any atom is 0.326 e. The number of likely N-dealkylation sites (tertiary alicyclic amines) is 1. The van der Waals surface area contributed by atoms with E-state index in [4.69, 9.17) is 10.8 Å². The smallest absolute Gasteiger partial charge is 0.326 e. The molecule has 6 amide bonds. The summed E-state index contributed by atoms with van der Waals surface area (Å²) < 4.78 is 0. The Kier molecular flexibility index (Phi) is 19.0. The lowest BCUT2D eigenvalue weighted by Gasteiger charge is -2.41. The zero-order valence-electron chi connectivity index (χ0n) is 36.7. The van der Waals surface area contributed by atoms with Gasteiger partial charge in [-0.1, -0.05) is 84.9 Å². The molecular weight excluding hydrogens is 795 g/mol. The van der Waals surface area contributed by atoms with E-state index in [-0.39, 0.29) is 61.4 Å². The molecule has 7 N–H and O–H groups in total. The highest BCUT2D eigenvalue weighted by Gasteiger charge is 2.43. The third-order valence-electron chi connectivity index (χ3n) is 10.5. The van der Waals surface area contributed by atoms with Crippen molar-refractivity contribution in [1.29, 1.82) is 0 Å². The fraction of sp³-hybridized carbons (Fsp3) is 0.619. The summed E-state index contributed by atoms with van der Waals surface area (Å²) in [6, 6.07) is 4.84. The molecule has 1 fully saturated rings. The summed E-state index contributed by atoms with van der Waals surface area (Å²) in [5, 5.41) is 26.1. The molecule has 2 rings (SSSR count). The molecular formula is C42H65N7O10S. The van der Waals surface area contributed by atoms with Crippen LogP contribution in [0.3, 0.4) is 0 Å². The van der Waals surface area contributed by atoms with Crippen LogP contribution in [0.5, 0.6) is 0 Å². The van der Waals surface area contributed by atoms with Crippen LogP contribution >= 0.6 is 11.8 Å². The number of hydrogen-bond acceptors (Lipinski definition) is 11. The number of aliphatic carboxylic acids is 2. The molecule has 0 spiro atoms. The third kappa shape index (κ3) is 14.1. The maximum atomic E-state index is 14.3. The zero-order chi connectivity index (χ0) is 45.9.